The molecule has 4 N–H and O–H groups in total. The van der Waals surface area contributed by atoms with Crippen molar-refractivity contribution in [3.8, 4) is 23.0 Å². The zero-order valence-electron chi connectivity index (χ0n) is 23.9. The van der Waals surface area contributed by atoms with Crippen molar-refractivity contribution in [3.63, 3.8) is 0 Å². The standard InChI is InChI=1S/2C18H20O2/c2*1-3-17(13-5-9-15(19)10-6-13)18(4-2)14-7-11-16(20)12-8-14/h2*5-12,19-20H,3-4H2,1-2H3/b2*18-17+. The number of aromatic hydroxyl groups is 4. The van der Waals surface area contributed by atoms with Crippen molar-refractivity contribution in [3.05, 3.63) is 119 Å². The molecule has 0 amide bonds. The lowest BCUT2D eigenvalue weighted by Crippen LogP contribution is -1.91. The fourth-order valence-electron chi connectivity index (χ4n) is 5.02. The Morgan fingerprint density at radius 1 is 0.325 bits per heavy atom. The van der Waals surface area contributed by atoms with E-state index in [1.807, 2.05) is 48.5 Å². The highest BCUT2D eigenvalue weighted by molar-refractivity contribution is 5.91. The van der Waals surface area contributed by atoms with Crippen LogP contribution in [0.5, 0.6) is 23.0 Å². The summed E-state index contributed by atoms with van der Waals surface area (Å²) in [4.78, 5) is 0. The monoisotopic (exact) mass is 536 g/mol. The highest BCUT2D eigenvalue weighted by Gasteiger charge is 2.10. The first-order valence-electron chi connectivity index (χ1n) is 13.9. The Kier molecular flexibility index (Phi) is 11.0. The average molecular weight is 537 g/mol. The van der Waals surface area contributed by atoms with Gasteiger partial charge in [0.1, 0.15) is 23.0 Å². The second-order valence-electron chi connectivity index (χ2n) is 9.52. The molecule has 0 heterocycles. The highest BCUT2D eigenvalue weighted by Crippen LogP contribution is 2.34. The second-order valence-corrected chi connectivity index (χ2v) is 9.52. The van der Waals surface area contributed by atoms with Crippen molar-refractivity contribution in [1.29, 1.82) is 0 Å². The lowest BCUT2D eigenvalue weighted by atomic mass is 9.91. The first kappa shape index (κ1) is 30.1. The quantitative estimate of drug-likeness (QED) is 0.169. The minimum atomic E-state index is 0.284. The molecule has 208 valence electrons. The molecule has 4 aromatic rings. The number of benzene rings is 4. The molecule has 0 radical (unpaired) electrons. The molecule has 4 rings (SSSR count). The summed E-state index contributed by atoms with van der Waals surface area (Å²) in [5.41, 5.74) is 9.64. The Labute approximate surface area is 238 Å². The molecule has 0 saturated carbocycles. The van der Waals surface area contributed by atoms with Crippen LogP contribution >= 0.6 is 0 Å². The predicted octanol–water partition coefficient (Wildman–Crippen LogP) is 9.66. The summed E-state index contributed by atoms with van der Waals surface area (Å²) in [6.07, 6.45) is 3.70. The molecule has 40 heavy (non-hydrogen) atoms. The van der Waals surface area contributed by atoms with Gasteiger partial charge in [-0.25, -0.2) is 0 Å². The van der Waals surface area contributed by atoms with Crippen molar-refractivity contribution < 1.29 is 20.4 Å². The van der Waals surface area contributed by atoms with E-state index in [2.05, 4.69) is 27.7 Å². The van der Waals surface area contributed by atoms with Crippen LogP contribution in [0.2, 0.25) is 0 Å². The molecule has 0 aliphatic carbocycles. The summed E-state index contributed by atoms with van der Waals surface area (Å²) >= 11 is 0. The Morgan fingerprint density at radius 2 is 0.475 bits per heavy atom. The maximum Gasteiger partial charge on any atom is 0.115 e. The summed E-state index contributed by atoms with van der Waals surface area (Å²) in [6.45, 7) is 8.55. The topological polar surface area (TPSA) is 80.9 Å². The molecule has 4 nitrogen and oxygen atoms in total. The van der Waals surface area contributed by atoms with Crippen LogP contribution in [0, 0.1) is 0 Å². The number of rotatable bonds is 8. The van der Waals surface area contributed by atoms with Gasteiger partial charge in [0.2, 0.25) is 0 Å². The first-order chi connectivity index (χ1) is 19.3. The van der Waals surface area contributed by atoms with Crippen molar-refractivity contribution >= 4 is 22.3 Å². The lowest BCUT2D eigenvalue weighted by molar-refractivity contribution is 0.474. The van der Waals surface area contributed by atoms with E-state index in [-0.39, 0.29) is 23.0 Å². The zero-order valence-corrected chi connectivity index (χ0v) is 23.9. The van der Waals surface area contributed by atoms with E-state index < -0.39 is 0 Å². The maximum atomic E-state index is 9.41. The SMILES string of the molecule is CC/C(=C(/CC)c1ccc(O)cc1)c1ccc(O)cc1.CC/C(=C(/CC)c1ccc(O)cc1)c1ccc(O)cc1. The Bertz CT molecular complexity index is 1190. The van der Waals surface area contributed by atoms with E-state index in [9.17, 15) is 20.4 Å². The van der Waals surface area contributed by atoms with Gasteiger partial charge in [-0.15, -0.1) is 0 Å². The number of phenols is 4. The number of allylic oxidation sites excluding steroid dienone is 4. The van der Waals surface area contributed by atoms with E-state index in [1.165, 1.54) is 22.3 Å². The van der Waals surface area contributed by atoms with Gasteiger partial charge in [0.05, 0.1) is 0 Å². The summed E-state index contributed by atoms with van der Waals surface area (Å²) in [5, 5.41) is 37.6. The van der Waals surface area contributed by atoms with E-state index >= 15 is 0 Å². The molecular formula is C36H40O4. The Hall–Kier alpha value is -4.44. The van der Waals surface area contributed by atoms with Crippen LogP contribution in [0.3, 0.4) is 0 Å². The van der Waals surface area contributed by atoms with Gasteiger partial charge in [0, 0.05) is 0 Å². The van der Waals surface area contributed by atoms with Crippen LogP contribution in [0.4, 0.5) is 0 Å². The van der Waals surface area contributed by atoms with E-state index in [0.717, 1.165) is 47.9 Å². The minimum Gasteiger partial charge on any atom is -0.508 e. The normalized spacial score (nSPS) is 12.1. The molecular weight excluding hydrogens is 496 g/mol. The summed E-state index contributed by atoms with van der Waals surface area (Å²) in [6, 6.07) is 29.3. The molecule has 0 saturated heterocycles. The van der Waals surface area contributed by atoms with Gasteiger partial charge in [-0.05, 0) is 119 Å². The van der Waals surface area contributed by atoms with Crippen LogP contribution in [0.15, 0.2) is 97.1 Å². The molecule has 0 aliphatic rings. The van der Waals surface area contributed by atoms with Gasteiger partial charge in [-0.1, -0.05) is 76.2 Å². The van der Waals surface area contributed by atoms with E-state index in [0.29, 0.717) is 0 Å². The fraction of sp³-hybridized carbons (Fsp3) is 0.222. The van der Waals surface area contributed by atoms with Gasteiger partial charge in [-0.3, -0.25) is 0 Å². The molecule has 0 bridgehead atoms. The van der Waals surface area contributed by atoms with Crippen molar-refractivity contribution in [2.75, 3.05) is 0 Å². The molecule has 0 unspecified atom stereocenters. The third kappa shape index (κ3) is 7.79. The Balaban J connectivity index is 0.000000220. The summed E-state index contributed by atoms with van der Waals surface area (Å²) in [7, 11) is 0. The molecule has 0 atom stereocenters. The minimum absolute atomic E-state index is 0.284. The van der Waals surface area contributed by atoms with E-state index in [1.54, 1.807) is 48.5 Å². The Morgan fingerprint density at radius 3 is 0.600 bits per heavy atom. The second kappa shape index (κ2) is 14.6. The zero-order chi connectivity index (χ0) is 29.1. The lowest BCUT2D eigenvalue weighted by Gasteiger charge is -2.14. The molecule has 0 aromatic heterocycles. The summed E-state index contributed by atoms with van der Waals surface area (Å²) < 4.78 is 0. The van der Waals surface area contributed by atoms with Gasteiger partial charge in [0.25, 0.3) is 0 Å². The first-order valence-corrected chi connectivity index (χ1v) is 13.9. The largest absolute Gasteiger partial charge is 0.508 e. The molecule has 0 fully saturated rings. The van der Waals surface area contributed by atoms with Crippen molar-refractivity contribution in [1.82, 2.24) is 0 Å². The maximum absolute atomic E-state index is 9.41. The predicted molar refractivity (Wildman–Crippen MR) is 167 cm³/mol. The molecule has 0 aliphatic heterocycles. The smallest absolute Gasteiger partial charge is 0.115 e. The third-order valence-corrected chi connectivity index (χ3v) is 7.01. The fourth-order valence-corrected chi connectivity index (χ4v) is 5.02. The third-order valence-electron chi connectivity index (χ3n) is 7.01. The van der Waals surface area contributed by atoms with Gasteiger partial charge < -0.3 is 20.4 Å². The van der Waals surface area contributed by atoms with Crippen LogP contribution in [0.25, 0.3) is 22.3 Å². The molecule has 0 spiro atoms. The average Bonchev–Trinajstić information content (AvgIpc) is 2.97. The van der Waals surface area contributed by atoms with Crippen LogP contribution in [-0.4, -0.2) is 20.4 Å². The van der Waals surface area contributed by atoms with Crippen LogP contribution in [0.1, 0.15) is 75.6 Å². The van der Waals surface area contributed by atoms with Crippen molar-refractivity contribution in [2.45, 2.75) is 53.4 Å². The van der Waals surface area contributed by atoms with Crippen LogP contribution < -0.4 is 0 Å². The highest BCUT2D eigenvalue weighted by atomic mass is 16.3. The molecule has 4 heteroatoms. The number of phenolic OH excluding ortho intramolecular Hbond substituents is 4. The summed E-state index contributed by atoms with van der Waals surface area (Å²) in [5.74, 6) is 1.14. The van der Waals surface area contributed by atoms with Crippen LogP contribution in [-0.2, 0) is 0 Å². The van der Waals surface area contributed by atoms with Gasteiger partial charge in [0.15, 0.2) is 0 Å². The number of hydrogen-bond donors (Lipinski definition) is 4. The van der Waals surface area contributed by atoms with Crippen molar-refractivity contribution in [2.24, 2.45) is 0 Å². The van der Waals surface area contributed by atoms with Gasteiger partial charge >= 0.3 is 0 Å². The molecule has 4 aromatic carbocycles. The van der Waals surface area contributed by atoms with E-state index in [4.69, 9.17) is 0 Å². The number of hydrogen-bond acceptors (Lipinski definition) is 4. The van der Waals surface area contributed by atoms with Gasteiger partial charge in [-0.2, -0.15) is 0 Å².